The van der Waals surface area contributed by atoms with Crippen LogP contribution < -0.4 is 0 Å². The van der Waals surface area contributed by atoms with Crippen molar-refractivity contribution < 1.29 is 0 Å². The average molecular weight is 244 g/mol. The molecule has 0 aliphatic rings. The first-order valence-electron chi connectivity index (χ1n) is 5.01. The van der Waals surface area contributed by atoms with Gasteiger partial charge in [-0.05, 0) is 17.2 Å². The molecule has 0 aliphatic carbocycles. The lowest BCUT2D eigenvalue weighted by molar-refractivity contribution is 1.25. The van der Waals surface area contributed by atoms with E-state index in [1.807, 2.05) is 36.4 Å². The Morgan fingerprint density at radius 1 is 0.750 bits per heavy atom. The van der Waals surface area contributed by atoms with E-state index in [0.29, 0.717) is 0 Å². The summed E-state index contributed by atoms with van der Waals surface area (Å²) in [4.78, 5) is 1.82. The molecular weight excluding hydrogens is 232 g/mol. The number of benzene rings is 2. The van der Waals surface area contributed by atoms with E-state index in [2.05, 4.69) is 49.5 Å². The van der Waals surface area contributed by atoms with Crippen molar-refractivity contribution >= 4 is 37.4 Å². The van der Waals surface area contributed by atoms with Crippen molar-refractivity contribution in [3.8, 4) is 0 Å². The Morgan fingerprint density at radius 3 is 2.25 bits per heavy atom. The zero-order valence-electron chi connectivity index (χ0n) is 8.67. The molecule has 0 aliphatic heterocycles. The summed E-state index contributed by atoms with van der Waals surface area (Å²) >= 11 is 8.77. The molecule has 2 aromatic rings. The first-order valence-corrected chi connectivity index (χ1v) is 5.91. The Balaban J connectivity index is 2.28. The van der Waals surface area contributed by atoms with E-state index < -0.39 is 0 Å². The van der Waals surface area contributed by atoms with Crippen LogP contribution in [-0.2, 0) is 0 Å². The third-order valence-electron chi connectivity index (χ3n) is 2.30. The molecule has 2 aromatic carbocycles. The van der Waals surface area contributed by atoms with Crippen molar-refractivity contribution in [3.63, 3.8) is 0 Å². The second-order valence-electron chi connectivity index (χ2n) is 3.46. The molecule has 0 spiro atoms. The molecule has 0 saturated heterocycles. The lowest BCUT2D eigenvalue weighted by Crippen LogP contribution is -1.78. The fraction of sp³-hybridized carbons (Fsp3) is 0. The van der Waals surface area contributed by atoms with E-state index in [1.165, 1.54) is 5.56 Å². The van der Waals surface area contributed by atoms with Gasteiger partial charge >= 0.3 is 0 Å². The lowest BCUT2D eigenvalue weighted by Gasteiger charge is -2.01. The highest BCUT2D eigenvalue weighted by atomic mass is 32.1. The Hall–Kier alpha value is -1.12. The van der Waals surface area contributed by atoms with Crippen LogP contribution in [0.2, 0.25) is 0 Å². The molecule has 0 aromatic heterocycles. The van der Waals surface area contributed by atoms with E-state index in [4.69, 9.17) is 0 Å². The van der Waals surface area contributed by atoms with Gasteiger partial charge in [-0.3, -0.25) is 0 Å². The summed E-state index contributed by atoms with van der Waals surface area (Å²) in [6.45, 7) is 0. The van der Waals surface area contributed by atoms with E-state index in [1.54, 1.807) is 0 Å². The largest absolute Gasteiger partial charge is 0.142 e. The molecule has 80 valence electrons. The van der Waals surface area contributed by atoms with Crippen LogP contribution in [0.1, 0.15) is 11.1 Å². The van der Waals surface area contributed by atoms with Gasteiger partial charge in [-0.2, -0.15) is 0 Å². The van der Waals surface area contributed by atoms with E-state index in [9.17, 15) is 0 Å². The molecule has 0 nitrogen and oxygen atoms in total. The number of hydrogen-bond acceptors (Lipinski definition) is 2. The minimum Gasteiger partial charge on any atom is -0.142 e. The van der Waals surface area contributed by atoms with Crippen molar-refractivity contribution in [1.29, 1.82) is 0 Å². The number of hydrogen-bond donors (Lipinski definition) is 2. The van der Waals surface area contributed by atoms with Crippen LogP contribution in [0.3, 0.4) is 0 Å². The van der Waals surface area contributed by atoms with Gasteiger partial charge in [-0.15, -0.1) is 25.3 Å². The smallest absolute Gasteiger partial charge is 0.0246 e. The summed E-state index contributed by atoms with van der Waals surface area (Å²) in [6, 6.07) is 16.1. The third-order valence-corrected chi connectivity index (χ3v) is 3.35. The maximum atomic E-state index is 4.43. The van der Waals surface area contributed by atoms with E-state index >= 15 is 0 Å². The van der Waals surface area contributed by atoms with Gasteiger partial charge in [0.05, 0.1) is 0 Å². The van der Waals surface area contributed by atoms with Crippen molar-refractivity contribution in [2.75, 3.05) is 0 Å². The number of rotatable bonds is 2. The first kappa shape index (κ1) is 11.4. The normalized spacial score (nSPS) is 10.9. The van der Waals surface area contributed by atoms with Gasteiger partial charge in [0.1, 0.15) is 0 Å². The zero-order chi connectivity index (χ0) is 11.4. The first-order chi connectivity index (χ1) is 7.77. The SMILES string of the molecule is Sc1cccc(C=Cc2ccccc2)c1S. The van der Waals surface area contributed by atoms with E-state index in [0.717, 1.165) is 15.4 Å². The topological polar surface area (TPSA) is 0 Å². The van der Waals surface area contributed by atoms with Gasteiger partial charge in [-0.25, -0.2) is 0 Å². The zero-order valence-corrected chi connectivity index (χ0v) is 10.5. The molecule has 0 saturated carbocycles. The highest BCUT2D eigenvalue weighted by molar-refractivity contribution is 7.83. The van der Waals surface area contributed by atoms with E-state index in [-0.39, 0.29) is 0 Å². The Kier molecular flexibility index (Phi) is 3.75. The second kappa shape index (κ2) is 5.28. The molecule has 2 heteroatoms. The predicted octanol–water partition coefficient (Wildman–Crippen LogP) is 4.43. The molecule has 0 radical (unpaired) electrons. The molecule has 2 rings (SSSR count). The van der Waals surface area contributed by atoms with Gasteiger partial charge in [0.2, 0.25) is 0 Å². The maximum absolute atomic E-state index is 4.43. The van der Waals surface area contributed by atoms with Crippen LogP contribution in [0.15, 0.2) is 58.3 Å². The van der Waals surface area contributed by atoms with Crippen molar-refractivity contribution in [1.82, 2.24) is 0 Å². The summed E-state index contributed by atoms with van der Waals surface area (Å²) in [5.74, 6) is 0. The lowest BCUT2D eigenvalue weighted by atomic mass is 10.1. The van der Waals surface area contributed by atoms with Gasteiger partial charge < -0.3 is 0 Å². The maximum Gasteiger partial charge on any atom is 0.0246 e. The van der Waals surface area contributed by atoms with Crippen LogP contribution in [-0.4, -0.2) is 0 Å². The second-order valence-corrected chi connectivity index (χ2v) is 4.39. The highest BCUT2D eigenvalue weighted by Crippen LogP contribution is 2.23. The molecule has 0 N–H and O–H groups in total. The molecular formula is C14H12S2. The van der Waals surface area contributed by atoms with Crippen molar-refractivity contribution in [2.24, 2.45) is 0 Å². The minimum absolute atomic E-state index is 0.901. The minimum atomic E-state index is 0.901. The van der Waals surface area contributed by atoms with Crippen LogP contribution >= 0.6 is 25.3 Å². The quantitative estimate of drug-likeness (QED) is 0.566. The fourth-order valence-corrected chi connectivity index (χ4v) is 1.87. The molecule has 0 atom stereocenters. The molecule has 0 unspecified atom stereocenters. The van der Waals surface area contributed by atoms with Gasteiger partial charge in [0, 0.05) is 9.79 Å². The van der Waals surface area contributed by atoms with Crippen LogP contribution in [0.5, 0.6) is 0 Å². The van der Waals surface area contributed by atoms with Gasteiger partial charge in [0.25, 0.3) is 0 Å². The standard InChI is InChI=1S/C14H12S2/c15-13-8-4-7-12(14(13)16)10-9-11-5-2-1-3-6-11/h1-10,15-16H. The average Bonchev–Trinajstić information content (AvgIpc) is 2.32. The third kappa shape index (κ3) is 2.71. The predicted molar refractivity (Wildman–Crippen MR) is 76.3 cm³/mol. The molecule has 0 heterocycles. The van der Waals surface area contributed by atoms with Crippen LogP contribution in [0.25, 0.3) is 12.2 Å². The van der Waals surface area contributed by atoms with Gasteiger partial charge in [-0.1, -0.05) is 54.6 Å². The van der Waals surface area contributed by atoms with Crippen LogP contribution in [0.4, 0.5) is 0 Å². The molecule has 16 heavy (non-hydrogen) atoms. The van der Waals surface area contributed by atoms with Crippen molar-refractivity contribution in [3.05, 3.63) is 59.7 Å². The molecule has 0 bridgehead atoms. The van der Waals surface area contributed by atoms with Crippen LogP contribution in [0, 0.1) is 0 Å². The highest BCUT2D eigenvalue weighted by Gasteiger charge is 1.97. The van der Waals surface area contributed by atoms with Crippen molar-refractivity contribution in [2.45, 2.75) is 9.79 Å². The van der Waals surface area contributed by atoms with Gasteiger partial charge in [0.15, 0.2) is 0 Å². The monoisotopic (exact) mass is 244 g/mol. The summed E-state index contributed by atoms with van der Waals surface area (Å²) in [7, 11) is 0. The summed E-state index contributed by atoms with van der Waals surface area (Å²) in [5.41, 5.74) is 2.26. The summed E-state index contributed by atoms with van der Waals surface area (Å²) < 4.78 is 0. The Morgan fingerprint density at radius 2 is 1.50 bits per heavy atom. The summed E-state index contributed by atoms with van der Waals surface area (Å²) in [6.07, 6.45) is 4.12. The molecule has 0 amide bonds. The number of thiol groups is 2. The fourth-order valence-electron chi connectivity index (χ4n) is 1.43. The Bertz CT molecular complexity index is 501. The Labute approximate surface area is 107 Å². The molecule has 0 fully saturated rings. The summed E-state index contributed by atoms with van der Waals surface area (Å²) in [5, 5.41) is 0.